The van der Waals surface area contributed by atoms with Crippen LogP contribution in [0.4, 0.5) is 0 Å². The average Bonchev–Trinajstić information content (AvgIpc) is 2.28. The number of carbonyl (C=O) groups excluding carboxylic acids is 1. The molecule has 1 N–H and O–H groups in total. The minimum absolute atomic E-state index is 0.0570. The lowest BCUT2D eigenvalue weighted by molar-refractivity contribution is -0.142. The molecule has 0 radical (unpaired) electrons. The first-order chi connectivity index (χ1) is 8.47. The maximum absolute atomic E-state index is 11.3. The first-order valence-corrected chi connectivity index (χ1v) is 5.44. The van der Waals surface area contributed by atoms with Crippen LogP contribution in [0.25, 0.3) is 11.0 Å². The Morgan fingerprint density at radius 2 is 2.17 bits per heavy atom. The number of ether oxygens (including phenoxy) is 1. The van der Waals surface area contributed by atoms with Gasteiger partial charge in [-0.05, 0) is 6.07 Å². The highest BCUT2D eigenvalue weighted by molar-refractivity contribution is 6.32. The topological polar surface area (TPSA) is 76.7 Å². The summed E-state index contributed by atoms with van der Waals surface area (Å²) in [6, 6.07) is 3.92. The molecule has 1 aromatic carbocycles. The van der Waals surface area contributed by atoms with Crippen LogP contribution in [0, 0.1) is 0 Å². The van der Waals surface area contributed by atoms with Crippen LogP contribution in [0.15, 0.2) is 27.4 Å². The summed E-state index contributed by atoms with van der Waals surface area (Å²) in [5, 5.41) is 10.1. The molecule has 18 heavy (non-hydrogen) atoms. The summed E-state index contributed by atoms with van der Waals surface area (Å²) in [6.45, 7) is 1.21. The number of hydrogen-bond donors (Lipinski definition) is 1. The van der Waals surface area contributed by atoms with Crippen molar-refractivity contribution < 1.29 is 19.1 Å². The number of fused-ring (bicyclic) bond motifs is 1. The van der Waals surface area contributed by atoms with Crippen molar-refractivity contribution in [1.82, 2.24) is 0 Å². The first-order valence-electron chi connectivity index (χ1n) is 5.06. The van der Waals surface area contributed by atoms with Crippen LogP contribution in [0.2, 0.25) is 5.02 Å². The Morgan fingerprint density at radius 3 is 2.83 bits per heavy atom. The van der Waals surface area contributed by atoms with E-state index in [1.54, 1.807) is 0 Å². The summed E-state index contributed by atoms with van der Waals surface area (Å²) in [7, 11) is 0. The van der Waals surface area contributed by atoms with E-state index in [1.807, 2.05) is 0 Å². The lowest BCUT2D eigenvalue weighted by atomic mass is 10.1. The molecule has 1 aromatic heterocycles. The van der Waals surface area contributed by atoms with Crippen molar-refractivity contribution in [2.45, 2.75) is 13.5 Å². The van der Waals surface area contributed by atoms with Crippen molar-refractivity contribution in [1.29, 1.82) is 0 Å². The van der Waals surface area contributed by atoms with Gasteiger partial charge in [-0.25, -0.2) is 4.79 Å². The molecule has 0 saturated carbocycles. The summed E-state index contributed by atoms with van der Waals surface area (Å²) >= 11 is 5.78. The predicted molar refractivity (Wildman–Crippen MR) is 64.6 cm³/mol. The Bertz CT molecular complexity index is 674. The van der Waals surface area contributed by atoms with E-state index in [0.717, 1.165) is 0 Å². The van der Waals surface area contributed by atoms with Crippen LogP contribution in [0.3, 0.4) is 0 Å². The second-order valence-corrected chi connectivity index (χ2v) is 4.08. The summed E-state index contributed by atoms with van der Waals surface area (Å²) < 4.78 is 9.77. The van der Waals surface area contributed by atoms with Crippen LogP contribution in [0.1, 0.15) is 12.5 Å². The van der Waals surface area contributed by atoms with Gasteiger partial charge in [0, 0.05) is 30.0 Å². The zero-order valence-corrected chi connectivity index (χ0v) is 10.2. The molecule has 0 amide bonds. The molecule has 5 nitrogen and oxygen atoms in total. The normalized spacial score (nSPS) is 10.6. The third kappa shape index (κ3) is 2.46. The van der Waals surface area contributed by atoms with Crippen molar-refractivity contribution in [2.24, 2.45) is 0 Å². The first kappa shape index (κ1) is 12.4. The fourth-order valence-electron chi connectivity index (χ4n) is 1.53. The van der Waals surface area contributed by atoms with Crippen molar-refractivity contribution >= 4 is 28.5 Å². The number of carbonyl (C=O) groups is 1. The molecule has 94 valence electrons. The molecule has 0 aliphatic heterocycles. The summed E-state index contributed by atoms with van der Waals surface area (Å²) in [6.07, 6.45) is 0. The molecule has 0 fully saturated rings. The number of rotatable bonds is 2. The van der Waals surface area contributed by atoms with Crippen molar-refractivity contribution in [3.05, 3.63) is 39.2 Å². The van der Waals surface area contributed by atoms with Gasteiger partial charge < -0.3 is 14.3 Å². The number of benzene rings is 1. The largest absolute Gasteiger partial charge is 0.506 e. The Hall–Kier alpha value is -2.01. The molecule has 0 atom stereocenters. The molecule has 0 aliphatic carbocycles. The minimum atomic E-state index is -0.591. The molecule has 2 aromatic rings. The number of halogens is 1. The van der Waals surface area contributed by atoms with Gasteiger partial charge in [0.05, 0.1) is 5.02 Å². The molecule has 1 heterocycles. The zero-order valence-electron chi connectivity index (χ0n) is 9.40. The third-order valence-electron chi connectivity index (χ3n) is 2.33. The Balaban J connectivity index is 2.60. The number of phenolic OH excluding ortho intramolecular Hbond substituents is 1. The minimum Gasteiger partial charge on any atom is -0.506 e. The van der Waals surface area contributed by atoms with Crippen LogP contribution in [0.5, 0.6) is 5.75 Å². The number of aromatic hydroxyl groups is 1. The van der Waals surface area contributed by atoms with Crippen LogP contribution in [-0.2, 0) is 16.1 Å². The molecule has 0 saturated heterocycles. The predicted octanol–water partition coefficient (Wildman–Crippen LogP) is 2.22. The molecule has 0 unspecified atom stereocenters. The average molecular weight is 269 g/mol. The van der Waals surface area contributed by atoms with E-state index in [-0.39, 0.29) is 23.0 Å². The highest BCUT2D eigenvalue weighted by Crippen LogP contribution is 2.30. The van der Waals surface area contributed by atoms with E-state index in [2.05, 4.69) is 0 Å². The fourth-order valence-corrected chi connectivity index (χ4v) is 1.70. The SMILES string of the molecule is CC(=O)OCc1cc(=O)oc2cc(O)c(Cl)cc12. The molecule has 2 rings (SSSR count). The summed E-state index contributed by atoms with van der Waals surface area (Å²) in [4.78, 5) is 22.1. The van der Waals surface area contributed by atoms with Crippen LogP contribution in [-0.4, -0.2) is 11.1 Å². The van der Waals surface area contributed by atoms with Crippen LogP contribution >= 0.6 is 11.6 Å². The molecule has 0 aliphatic rings. The van der Waals surface area contributed by atoms with E-state index in [1.165, 1.54) is 25.1 Å². The van der Waals surface area contributed by atoms with Crippen LogP contribution < -0.4 is 5.63 Å². The van der Waals surface area contributed by atoms with Gasteiger partial charge in [0.1, 0.15) is 17.9 Å². The van der Waals surface area contributed by atoms with Gasteiger partial charge in [0.25, 0.3) is 0 Å². The van der Waals surface area contributed by atoms with Gasteiger partial charge in [-0.1, -0.05) is 11.6 Å². The quantitative estimate of drug-likeness (QED) is 0.667. The number of phenols is 1. The highest BCUT2D eigenvalue weighted by atomic mass is 35.5. The number of esters is 1. The van der Waals surface area contributed by atoms with Gasteiger partial charge in [-0.2, -0.15) is 0 Å². The Labute approximate surface area is 107 Å². The monoisotopic (exact) mass is 268 g/mol. The second-order valence-electron chi connectivity index (χ2n) is 3.67. The van der Waals surface area contributed by atoms with Crippen molar-refractivity contribution in [3.8, 4) is 5.75 Å². The molecule has 0 bridgehead atoms. The van der Waals surface area contributed by atoms with Gasteiger partial charge in [0.2, 0.25) is 0 Å². The third-order valence-corrected chi connectivity index (χ3v) is 2.63. The van der Waals surface area contributed by atoms with Gasteiger partial charge in [-0.3, -0.25) is 4.79 Å². The maximum Gasteiger partial charge on any atom is 0.336 e. The molecular weight excluding hydrogens is 260 g/mol. The number of hydrogen-bond acceptors (Lipinski definition) is 5. The van der Waals surface area contributed by atoms with E-state index in [9.17, 15) is 14.7 Å². The Morgan fingerprint density at radius 1 is 1.44 bits per heavy atom. The molecule has 0 spiro atoms. The van der Waals surface area contributed by atoms with Crippen molar-refractivity contribution in [3.63, 3.8) is 0 Å². The van der Waals surface area contributed by atoms with E-state index in [4.69, 9.17) is 20.8 Å². The maximum atomic E-state index is 11.3. The molecule has 6 heteroatoms. The van der Waals surface area contributed by atoms with Gasteiger partial charge in [0.15, 0.2) is 0 Å². The lowest BCUT2D eigenvalue weighted by Crippen LogP contribution is -2.04. The molecular formula is C12H9ClO5. The van der Waals surface area contributed by atoms with E-state index >= 15 is 0 Å². The van der Waals surface area contributed by atoms with E-state index < -0.39 is 11.6 Å². The summed E-state index contributed by atoms with van der Waals surface area (Å²) in [5.41, 5.74) is 0.0660. The van der Waals surface area contributed by atoms with Crippen molar-refractivity contribution in [2.75, 3.05) is 0 Å². The fraction of sp³-hybridized carbons (Fsp3) is 0.167. The second kappa shape index (κ2) is 4.70. The Kier molecular flexibility index (Phi) is 3.25. The summed E-state index contributed by atoms with van der Waals surface area (Å²) in [5.74, 6) is -0.641. The van der Waals surface area contributed by atoms with Gasteiger partial charge in [-0.15, -0.1) is 0 Å². The zero-order chi connectivity index (χ0) is 13.3. The smallest absolute Gasteiger partial charge is 0.336 e. The lowest BCUT2D eigenvalue weighted by Gasteiger charge is -2.06. The standard InChI is InChI=1S/C12H9ClO5/c1-6(14)17-5-7-2-12(16)18-11-4-10(15)9(13)3-8(7)11/h2-4,15H,5H2,1H3. The van der Waals surface area contributed by atoms with Gasteiger partial charge >= 0.3 is 11.6 Å². The van der Waals surface area contributed by atoms with E-state index in [0.29, 0.717) is 10.9 Å². The highest BCUT2D eigenvalue weighted by Gasteiger charge is 2.10.